The molecule has 2 aliphatic carbocycles. The number of rotatable bonds is 0. The van der Waals surface area contributed by atoms with Gasteiger partial charge in [-0.05, 0) is 68.1 Å². The Labute approximate surface area is 157 Å². The molecule has 6 rings (SSSR count). The van der Waals surface area contributed by atoms with E-state index in [1.165, 1.54) is 43.8 Å². The molecule has 27 heavy (non-hydrogen) atoms. The Morgan fingerprint density at radius 1 is 0.407 bits per heavy atom. The van der Waals surface area contributed by atoms with Gasteiger partial charge >= 0.3 is 0 Å². The van der Waals surface area contributed by atoms with Crippen LogP contribution in [-0.2, 0) is 0 Å². The van der Waals surface area contributed by atoms with Crippen molar-refractivity contribution in [1.29, 1.82) is 0 Å². The van der Waals surface area contributed by atoms with Gasteiger partial charge in [-0.15, -0.1) is 5.73 Å². The van der Waals surface area contributed by atoms with Crippen LogP contribution in [0.15, 0.2) is 84.9 Å². The molecule has 0 amide bonds. The van der Waals surface area contributed by atoms with Crippen LogP contribution >= 0.6 is 0 Å². The Morgan fingerprint density at radius 3 is 1.37 bits per heavy atom. The maximum Gasteiger partial charge on any atom is 0.0250 e. The quantitative estimate of drug-likeness (QED) is 0.399. The van der Waals surface area contributed by atoms with Crippen molar-refractivity contribution in [3.63, 3.8) is 0 Å². The van der Waals surface area contributed by atoms with E-state index in [2.05, 4.69) is 103 Å². The lowest BCUT2D eigenvalue weighted by Crippen LogP contribution is -2.29. The van der Waals surface area contributed by atoms with Crippen LogP contribution in [0.1, 0.15) is 11.1 Å². The average molecular weight is 340 g/mol. The zero-order valence-corrected chi connectivity index (χ0v) is 14.7. The van der Waals surface area contributed by atoms with E-state index in [0.717, 1.165) is 10.4 Å². The summed E-state index contributed by atoms with van der Waals surface area (Å²) in [5.74, 6) is 0. The van der Waals surface area contributed by atoms with Crippen LogP contribution in [0.4, 0.5) is 0 Å². The molecule has 0 heteroatoms. The maximum absolute atomic E-state index is 3.71. The molecule has 0 atom stereocenters. The Kier molecular flexibility index (Phi) is 2.94. The van der Waals surface area contributed by atoms with Crippen molar-refractivity contribution in [2.45, 2.75) is 0 Å². The van der Waals surface area contributed by atoms with Crippen molar-refractivity contribution in [3.05, 3.63) is 117 Å². The first kappa shape index (κ1) is 14.6. The van der Waals surface area contributed by atoms with Gasteiger partial charge in [-0.25, -0.2) is 0 Å². The van der Waals surface area contributed by atoms with Gasteiger partial charge in [0, 0.05) is 10.4 Å². The van der Waals surface area contributed by atoms with Crippen LogP contribution in [0.3, 0.4) is 0 Å². The largest absolute Gasteiger partial charge is 0.104 e. The first-order chi connectivity index (χ1) is 13.4. The fourth-order valence-electron chi connectivity index (χ4n) is 4.32. The first-order valence-electron chi connectivity index (χ1n) is 9.30. The van der Waals surface area contributed by atoms with E-state index in [4.69, 9.17) is 0 Å². The van der Waals surface area contributed by atoms with Gasteiger partial charge in [-0.3, -0.25) is 0 Å². The third kappa shape index (κ3) is 2.11. The van der Waals surface area contributed by atoms with E-state index in [1.54, 1.807) is 0 Å². The van der Waals surface area contributed by atoms with Crippen LogP contribution in [0, 0.1) is 0 Å². The van der Waals surface area contributed by atoms with Crippen molar-refractivity contribution in [3.8, 4) is 22.3 Å². The number of hydrogen-bond acceptors (Lipinski definition) is 0. The summed E-state index contributed by atoms with van der Waals surface area (Å²) in [5, 5.41) is 4.85. The van der Waals surface area contributed by atoms with Gasteiger partial charge in [0.2, 0.25) is 0 Å². The maximum atomic E-state index is 3.71. The second-order valence-corrected chi connectivity index (χ2v) is 7.12. The third-order valence-electron chi connectivity index (χ3n) is 5.58. The summed E-state index contributed by atoms with van der Waals surface area (Å²) >= 11 is 0. The lowest BCUT2D eigenvalue weighted by atomic mass is 10.0. The van der Waals surface area contributed by atoms with Crippen molar-refractivity contribution in [2.75, 3.05) is 0 Å². The van der Waals surface area contributed by atoms with Crippen LogP contribution in [0.2, 0.25) is 0 Å². The zero-order chi connectivity index (χ0) is 17.8. The van der Waals surface area contributed by atoms with Crippen LogP contribution in [0.5, 0.6) is 0 Å². The Balaban J connectivity index is 1.76. The number of fused-ring (bicyclic) bond motifs is 6. The molecule has 0 N–H and O–H groups in total. The van der Waals surface area contributed by atoms with Gasteiger partial charge in [0.1, 0.15) is 0 Å². The van der Waals surface area contributed by atoms with Gasteiger partial charge < -0.3 is 0 Å². The molecule has 0 unspecified atom stereocenters. The number of hydrogen-bond donors (Lipinski definition) is 0. The second kappa shape index (κ2) is 5.45. The highest BCUT2D eigenvalue weighted by Crippen LogP contribution is 2.25. The van der Waals surface area contributed by atoms with Crippen molar-refractivity contribution in [2.24, 2.45) is 0 Å². The average Bonchev–Trinajstić information content (AvgIpc) is 3.28. The van der Waals surface area contributed by atoms with E-state index in [0.29, 0.717) is 0 Å². The fourth-order valence-corrected chi connectivity index (χ4v) is 4.32. The molecular weight excluding hydrogens is 324 g/mol. The van der Waals surface area contributed by atoms with E-state index < -0.39 is 0 Å². The molecule has 4 aromatic rings. The fraction of sp³-hybridized carbons (Fsp3) is 0. The minimum Gasteiger partial charge on any atom is -0.104 e. The Morgan fingerprint density at radius 2 is 0.852 bits per heavy atom. The molecule has 2 aliphatic rings. The molecule has 0 saturated carbocycles. The third-order valence-corrected chi connectivity index (χ3v) is 5.58. The summed E-state index contributed by atoms with van der Waals surface area (Å²) in [6.07, 6.45) is 4.57. The van der Waals surface area contributed by atoms with Crippen molar-refractivity contribution < 1.29 is 0 Å². The molecule has 0 heterocycles. The number of benzene rings is 4. The molecule has 0 aliphatic heterocycles. The summed E-state index contributed by atoms with van der Waals surface area (Å²) in [7, 11) is 0. The van der Waals surface area contributed by atoms with E-state index in [1.807, 2.05) is 0 Å². The molecule has 0 bridgehead atoms. The van der Waals surface area contributed by atoms with E-state index >= 15 is 0 Å². The predicted molar refractivity (Wildman–Crippen MR) is 112 cm³/mol. The summed E-state index contributed by atoms with van der Waals surface area (Å²) in [6.45, 7) is 0. The minimum atomic E-state index is 1.15. The van der Waals surface area contributed by atoms with Crippen molar-refractivity contribution >= 4 is 17.9 Å². The van der Waals surface area contributed by atoms with Crippen molar-refractivity contribution in [1.82, 2.24) is 0 Å². The molecule has 0 nitrogen and oxygen atoms in total. The topological polar surface area (TPSA) is 0 Å². The Bertz CT molecular complexity index is 1380. The Hall–Kier alpha value is -3.60. The molecule has 0 fully saturated rings. The summed E-state index contributed by atoms with van der Waals surface area (Å²) in [5.41, 5.74) is 11.5. The molecule has 124 valence electrons. The lowest BCUT2D eigenvalue weighted by Gasteiger charge is -1.99. The zero-order valence-electron chi connectivity index (χ0n) is 14.7. The second-order valence-electron chi connectivity index (χ2n) is 7.12. The van der Waals surface area contributed by atoms with Gasteiger partial charge in [-0.1, -0.05) is 72.8 Å². The monoisotopic (exact) mass is 340 g/mol. The van der Waals surface area contributed by atoms with Crippen LogP contribution < -0.4 is 20.9 Å². The van der Waals surface area contributed by atoms with Gasteiger partial charge in [0.05, 0.1) is 0 Å². The minimum absolute atomic E-state index is 1.15. The highest BCUT2D eigenvalue weighted by atomic mass is 14.2. The summed E-state index contributed by atoms with van der Waals surface area (Å²) in [6, 6.07) is 30.2. The van der Waals surface area contributed by atoms with Crippen LogP contribution in [-0.4, -0.2) is 0 Å². The standard InChI is InChI=1S/C27H16/c1-3-11-22-20(7-1)16-26-18(9-5-13-24(22)26)15-19-10-6-14-25-23-12-4-2-8-21(23)17-27(19)25/h1-14,16-17H. The smallest absolute Gasteiger partial charge is 0.0250 e. The van der Waals surface area contributed by atoms with Crippen LogP contribution in [0.25, 0.3) is 40.1 Å². The van der Waals surface area contributed by atoms with E-state index in [-0.39, 0.29) is 0 Å². The molecule has 0 saturated heterocycles. The molecule has 0 radical (unpaired) electrons. The lowest BCUT2D eigenvalue weighted by molar-refractivity contribution is 1.50. The van der Waals surface area contributed by atoms with Gasteiger partial charge in [0.15, 0.2) is 0 Å². The van der Waals surface area contributed by atoms with E-state index in [9.17, 15) is 0 Å². The first-order valence-corrected chi connectivity index (χ1v) is 9.30. The SMILES string of the molecule is C(=c1cccc2c1=Cc1ccccc1-2)=c1cccc2c1=Cc1ccccc1-2. The molecule has 0 aromatic heterocycles. The summed E-state index contributed by atoms with van der Waals surface area (Å²) < 4.78 is 0. The van der Waals surface area contributed by atoms with Gasteiger partial charge in [-0.2, -0.15) is 0 Å². The highest BCUT2D eigenvalue weighted by molar-refractivity contribution is 5.84. The molecular formula is C27H16. The molecule has 0 spiro atoms. The highest BCUT2D eigenvalue weighted by Gasteiger charge is 2.12. The van der Waals surface area contributed by atoms with Gasteiger partial charge in [0.25, 0.3) is 0 Å². The normalized spacial score (nSPS) is 12.1. The molecule has 4 aromatic carbocycles. The summed E-state index contributed by atoms with van der Waals surface area (Å²) in [4.78, 5) is 0. The predicted octanol–water partition coefficient (Wildman–Crippen LogP) is 3.06.